The molecule has 0 radical (unpaired) electrons. The molecular weight excluding hydrogens is 801 g/mol. The van der Waals surface area contributed by atoms with Crippen LogP contribution >= 0.6 is 0 Å². The van der Waals surface area contributed by atoms with Crippen LogP contribution in [0.5, 0.6) is 0 Å². The van der Waals surface area contributed by atoms with Crippen molar-refractivity contribution in [2.75, 3.05) is 0 Å². The van der Waals surface area contributed by atoms with Crippen molar-refractivity contribution in [2.45, 2.75) is 230 Å². The summed E-state index contributed by atoms with van der Waals surface area (Å²) >= 11 is 0. The van der Waals surface area contributed by atoms with Crippen LogP contribution in [0, 0.1) is 98.6 Å². The van der Waals surface area contributed by atoms with Crippen molar-refractivity contribution in [2.24, 2.45) is 98.6 Å². The second-order valence-electron chi connectivity index (χ2n) is 25.5. The number of rotatable bonds is 11. The highest BCUT2D eigenvalue weighted by atomic mass is 32.3. The van der Waals surface area contributed by atoms with E-state index in [1.54, 1.807) is 11.1 Å². The molecule has 0 spiro atoms. The maximum atomic E-state index is 10.2. The second kappa shape index (κ2) is 20.5. The molecule has 17 atom stereocenters. The first-order valence-electron chi connectivity index (χ1n) is 26.9. The smallest absolute Gasteiger partial charge is 0.393 e. The first-order valence-corrected chi connectivity index (χ1v) is 28.3. The molecule has 0 amide bonds. The van der Waals surface area contributed by atoms with Gasteiger partial charge in [0.1, 0.15) is 0 Å². The number of allylic oxidation sites excluding steroid dienone is 2. The molecule has 0 aromatic carbocycles. The third-order valence-electron chi connectivity index (χ3n) is 21.6. The summed E-state index contributed by atoms with van der Waals surface area (Å²) in [5.41, 5.74) is 5.19. The van der Waals surface area contributed by atoms with Gasteiger partial charge in [-0.15, -0.1) is 0 Å². The van der Waals surface area contributed by atoms with E-state index < -0.39 is 10.4 Å². The van der Waals surface area contributed by atoms with Crippen LogP contribution in [0.1, 0.15) is 217 Å². The van der Waals surface area contributed by atoms with Crippen LogP contribution in [0.3, 0.4) is 0 Å². The molecule has 6 nitrogen and oxygen atoms in total. The molecular formula is C56H98O6S. The Morgan fingerprint density at radius 1 is 0.587 bits per heavy atom. The highest BCUT2D eigenvalue weighted by Crippen LogP contribution is 2.69. The van der Waals surface area contributed by atoms with Crippen molar-refractivity contribution in [1.29, 1.82) is 0 Å². The van der Waals surface area contributed by atoms with Crippen LogP contribution in [-0.2, 0) is 10.4 Å². The van der Waals surface area contributed by atoms with Crippen LogP contribution in [0.4, 0.5) is 0 Å². The number of hydrogen-bond acceptors (Lipinski definition) is 4. The van der Waals surface area contributed by atoms with Crippen molar-refractivity contribution >= 4 is 10.4 Å². The van der Waals surface area contributed by atoms with Crippen molar-refractivity contribution < 1.29 is 27.7 Å². The maximum absolute atomic E-state index is 10.2. The van der Waals surface area contributed by atoms with Crippen LogP contribution in [0.2, 0.25) is 0 Å². The van der Waals surface area contributed by atoms with Gasteiger partial charge in [0, 0.05) is 0 Å². The van der Waals surface area contributed by atoms with Gasteiger partial charge in [-0.2, -0.15) is 8.42 Å². The van der Waals surface area contributed by atoms with Gasteiger partial charge >= 0.3 is 10.4 Å². The topological polar surface area (TPSA) is 115 Å². The Hall–Kier alpha value is -0.730. The van der Waals surface area contributed by atoms with E-state index in [1.165, 1.54) is 116 Å². The second-order valence-corrected chi connectivity index (χ2v) is 26.4. The van der Waals surface area contributed by atoms with Gasteiger partial charge < -0.3 is 10.2 Å². The fourth-order valence-corrected chi connectivity index (χ4v) is 18.0. The van der Waals surface area contributed by atoms with E-state index in [0.717, 1.165) is 103 Å². The Bertz CT molecular complexity index is 1680. The number of fused-ring (bicyclic) bond motifs is 10. The number of aliphatic hydroxyl groups is 2. The Labute approximate surface area is 388 Å². The highest BCUT2D eigenvalue weighted by molar-refractivity contribution is 7.79. The molecule has 4 N–H and O–H groups in total. The van der Waals surface area contributed by atoms with E-state index in [4.69, 9.17) is 17.5 Å². The van der Waals surface area contributed by atoms with E-state index >= 15 is 0 Å². The summed E-state index contributed by atoms with van der Waals surface area (Å²) in [5, 5.41) is 20.5. The predicted molar refractivity (Wildman–Crippen MR) is 261 cm³/mol. The minimum absolute atomic E-state index is 0.0766. The van der Waals surface area contributed by atoms with E-state index in [-0.39, 0.29) is 12.2 Å². The summed E-state index contributed by atoms with van der Waals surface area (Å²) < 4.78 is 31.6. The van der Waals surface area contributed by atoms with Crippen molar-refractivity contribution in [3.05, 3.63) is 23.3 Å². The molecule has 0 aliphatic heterocycles. The number of aliphatic hydroxyl groups excluding tert-OH is 2. The Kier molecular flexibility index (Phi) is 16.8. The minimum atomic E-state index is -4.67. The van der Waals surface area contributed by atoms with Crippen molar-refractivity contribution in [1.82, 2.24) is 0 Å². The zero-order chi connectivity index (χ0) is 46.3. The van der Waals surface area contributed by atoms with Crippen LogP contribution in [-0.4, -0.2) is 39.9 Å². The predicted octanol–water partition coefficient (Wildman–Crippen LogP) is 14.8. The summed E-state index contributed by atoms with van der Waals surface area (Å²) in [4.78, 5) is 0. The third kappa shape index (κ3) is 10.9. The molecule has 8 rings (SSSR count). The lowest BCUT2D eigenvalue weighted by Gasteiger charge is -2.58. The van der Waals surface area contributed by atoms with Gasteiger partial charge in [-0.3, -0.25) is 9.11 Å². The quantitative estimate of drug-likeness (QED) is 0.121. The Balaban J connectivity index is 0.000000190. The molecule has 0 unspecified atom stereocenters. The normalized spacial score (nSPS) is 43.2. The molecule has 0 heterocycles. The monoisotopic (exact) mass is 899 g/mol. The van der Waals surface area contributed by atoms with E-state index in [9.17, 15) is 10.2 Å². The largest absolute Gasteiger partial charge is 0.394 e. The molecule has 0 saturated heterocycles. The highest BCUT2D eigenvalue weighted by Gasteiger charge is 2.61. The van der Waals surface area contributed by atoms with Gasteiger partial charge in [-0.1, -0.05) is 132 Å². The zero-order valence-corrected chi connectivity index (χ0v) is 43.2. The third-order valence-corrected chi connectivity index (χ3v) is 21.6. The van der Waals surface area contributed by atoms with Crippen molar-refractivity contribution in [3.8, 4) is 0 Å². The molecule has 8 aliphatic rings. The average molecular weight is 899 g/mol. The summed E-state index contributed by atoms with van der Waals surface area (Å²) in [6.45, 7) is 27.7. The summed E-state index contributed by atoms with van der Waals surface area (Å²) in [5.74, 6) is 11.8. The molecule has 8 aliphatic carbocycles. The number of hydrogen-bond donors (Lipinski definition) is 4. The molecule has 7 heteroatoms. The molecule has 0 aromatic rings. The first kappa shape index (κ1) is 51.7. The fraction of sp³-hybridized carbons (Fsp3) is 0.929. The zero-order valence-electron chi connectivity index (χ0n) is 42.4. The summed E-state index contributed by atoms with van der Waals surface area (Å²) in [7, 11) is -4.67. The maximum Gasteiger partial charge on any atom is 0.394 e. The van der Waals surface area contributed by atoms with Crippen LogP contribution in [0.25, 0.3) is 0 Å². The standard InChI is InChI=1S/C29H50O.C27H46O.H2O4S/c1-7-21(19(2)3)9-8-20(4)25-12-13-26-24-11-10-22-18-23(30)14-16-28(22,5)27(24)15-17-29(25,26)6;1-18(2)7-6-8-19(3)23-11-12-24-22-10-9-20-17-21(28)13-15-26(20,4)25(22)14-16-27(23,24)5;1-5(2,3)4/h10,19-21,23-27,30H,7-9,11-18H2,1-6H3;9,18-19,21-25,28H,6-8,10-17H2,1-5H3;(H2,1,2,3,4)/t20-,21-,23+,24+,25-,26+,27+,28+,29-;19-,21+,22+,23-,24+,25+,26+,27-;/m11./s1. The summed E-state index contributed by atoms with van der Waals surface area (Å²) in [6, 6.07) is 0. The molecule has 6 fully saturated rings. The lowest BCUT2D eigenvalue weighted by molar-refractivity contribution is -0.0575. The molecule has 364 valence electrons. The van der Waals surface area contributed by atoms with Gasteiger partial charge in [0.05, 0.1) is 12.2 Å². The van der Waals surface area contributed by atoms with Crippen molar-refractivity contribution in [3.63, 3.8) is 0 Å². The van der Waals surface area contributed by atoms with Crippen LogP contribution < -0.4 is 0 Å². The van der Waals surface area contributed by atoms with E-state index in [0.29, 0.717) is 21.7 Å². The first-order chi connectivity index (χ1) is 29.5. The molecule has 6 saturated carbocycles. The Morgan fingerprint density at radius 3 is 1.41 bits per heavy atom. The lowest BCUT2D eigenvalue weighted by atomic mass is 9.47. The van der Waals surface area contributed by atoms with Gasteiger partial charge in [0.15, 0.2) is 0 Å². The lowest BCUT2D eigenvalue weighted by Crippen LogP contribution is -2.50. The molecule has 0 aromatic heterocycles. The fourth-order valence-electron chi connectivity index (χ4n) is 18.0. The van der Waals surface area contributed by atoms with Gasteiger partial charge in [-0.05, 0) is 208 Å². The molecule has 63 heavy (non-hydrogen) atoms. The SMILES string of the molecule is CC(C)CCC[C@@H](C)[C@H]1CC[C@H]2[C@@H]3CC=C4C[C@@H](O)CC[C@]4(C)[C@H]3CC[C@]12C.CC[C@H](CC[C@@H](C)[C@H]1CC[C@H]2[C@@H]3CC=C4C[C@@H](O)CC[C@]4(C)[C@H]3CC[C@]12C)C(C)C.O=S(=O)(O)O. The van der Waals surface area contributed by atoms with Gasteiger partial charge in [0.25, 0.3) is 0 Å². The minimum Gasteiger partial charge on any atom is -0.393 e. The van der Waals surface area contributed by atoms with Gasteiger partial charge in [-0.25, -0.2) is 0 Å². The Morgan fingerprint density at radius 2 is 1.02 bits per heavy atom. The summed E-state index contributed by atoms with van der Waals surface area (Å²) in [6.07, 6.45) is 34.3. The van der Waals surface area contributed by atoms with E-state index in [2.05, 4.69) is 88.3 Å². The van der Waals surface area contributed by atoms with Crippen LogP contribution in [0.15, 0.2) is 23.3 Å². The average Bonchev–Trinajstić information content (AvgIpc) is 3.75. The van der Waals surface area contributed by atoms with E-state index in [1.807, 2.05) is 0 Å². The van der Waals surface area contributed by atoms with Gasteiger partial charge in [0.2, 0.25) is 0 Å². The molecule has 0 bridgehead atoms.